The first-order valence-corrected chi connectivity index (χ1v) is 19.9. The number of anilines is 2. The van der Waals surface area contributed by atoms with Crippen LogP contribution < -0.4 is 26.4 Å². The summed E-state index contributed by atoms with van der Waals surface area (Å²) in [5.41, 5.74) is 7.99. The molecule has 1 unspecified atom stereocenters. The van der Waals surface area contributed by atoms with E-state index >= 15 is 0 Å². The van der Waals surface area contributed by atoms with Crippen LogP contribution in [0, 0.1) is 0 Å². The molecule has 2 aliphatic rings. The number of para-hydroxylation sites is 1. The molecular formula is C42H55N7O7. The van der Waals surface area contributed by atoms with Crippen molar-refractivity contribution in [3.8, 4) is 22.8 Å². The van der Waals surface area contributed by atoms with E-state index in [9.17, 15) is 29.1 Å². The van der Waals surface area contributed by atoms with Crippen LogP contribution in [-0.2, 0) is 14.4 Å². The first kappa shape index (κ1) is 41.6. The van der Waals surface area contributed by atoms with Crippen molar-refractivity contribution in [1.29, 1.82) is 0 Å². The number of phenolic OH excluding ortho intramolecular Hbond substituents is 1. The quantitative estimate of drug-likeness (QED) is 0.0433. The van der Waals surface area contributed by atoms with Crippen molar-refractivity contribution in [3.63, 3.8) is 0 Å². The number of nitrogens with zero attached hydrogens (tertiary/aromatic N) is 3. The Morgan fingerprint density at radius 3 is 2.43 bits per heavy atom. The number of hydrogen-bond acceptors (Lipinski definition) is 11. The van der Waals surface area contributed by atoms with Gasteiger partial charge in [0, 0.05) is 49.3 Å². The topological polar surface area (TPSA) is 206 Å². The summed E-state index contributed by atoms with van der Waals surface area (Å²) in [6.07, 6.45) is 14.6. The van der Waals surface area contributed by atoms with Crippen LogP contribution in [0.5, 0.6) is 11.5 Å². The van der Waals surface area contributed by atoms with E-state index in [0.29, 0.717) is 48.6 Å². The highest BCUT2D eigenvalue weighted by Gasteiger charge is 2.43. The second-order valence-corrected chi connectivity index (χ2v) is 14.9. The number of aromatic nitrogens is 2. The minimum atomic E-state index is -0.765. The molecule has 5 rings (SSSR count). The molecule has 0 spiro atoms. The van der Waals surface area contributed by atoms with Gasteiger partial charge in [-0.15, -0.1) is 10.2 Å². The van der Waals surface area contributed by atoms with E-state index in [-0.39, 0.29) is 52.9 Å². The third kappa shape index (κ3) is 11.7. The van der Waals surface area contributed by atoms with Gasteiger partial charge in [-0.2, -0.15) is 0 Å². The van der Waals surface area contributed by atoms with Crippen molar-refractivity contribution < 1.29 is 33.8 Å². The van der Waals surface area contributed by atoms with Crippen LogP contribution in [0.25, 0.3) is 11.3 Å². The van der Waals surface area contributed by atoms with Gasteiger partial charge in [-0.3, -0.25) is 29.3 Å². The van der Waals surface area contributed by atoms with Gasteiger partial charge in [0.2, 0.25) is 17.7 Å². The van der Waals surface area contributed by atoms with Gasteiger partial charge in [0.15, 0.2) is 17.9 Å². The Hall–Kier alpha value is -5.53. The third-order valence-electron chi connectivity index (χ3n) is 10.6. The van der Waals surface area contributed by atoms with E-state index < -0.39 is 17.9 Å². The maximum absolute atomic E-state index is 13.2. The molecule has 2 aromatic carbocycles. The summed E-state index contributed by atoms with van der Waals surface area (Å²) in [7, 11) is 1.51. The molecule has 6 N–H and O–H groups in total. The van der Waals surface area contributed by atoms with E-state index in [4.69, 9.17) is 10.5 Å². The molecule has 14 heteroatoms. The van der Waals surface area contributed by atoms with E-state index in [2.05, 4.69) is 26.1 Å². The number of rotatable bonds is 23. The number of hydrogen-bond donors (Lipinski definition) is 5. The molecule has 14 nitrogen and oxygen atoms in total. The summed E-state index contributed by atoms with van der Waals surface area (Å²) in [6.45, 7) is 1.12. The Balaban J connectivity index is 0.886. The Labute approximate surface area is 328 Å². The van der Waals surface area contributed by atoms with Crippen LogP contribution >= 0.6 is 0 Å². The van der Waals surface area contributed by atoms with Gasteiger partial charge in [-0.25, -0.2) is 0 Å². The second kappa shape index (κ2) is 20.4. The summed E-state index contributed by atoms with van der Waals surface area (Å²) in [4.78, 5) is 63.0. The second-order valence-electron chi connectivity index (χ2n) is 14.9. The number of carbonyl (C=O) groups excluding carboxylic acids is 5. The summed E-state index contributed by atoms with van der Waals surface area (Å²) >= 11 is 0. The molecule has 4 amide bonds. The minimum absolute atomic E-state index is 0.0787. The number of imide groups is 1. The van der Waals surface area contributed by atoms with Gasteiger partial charge < -0.3 is 31.1 Å². The van der Waals surface area contributed by atoms with Crippen LogP contribution in [0.15, 0.2) is 48.5 Å². The molecule has 1 aromatic heterocycles. The average molecular weight is 770 g/mol. The Bertz CT molecular complexity index is 1850. The predicted octanol–water partition coefficient (Wildman–Crippen LogP) is 5.94. The van der Waals surface area contributed by atoms with Crippen LogP contribution in [0.3, 0.4) is 0 Å². The smallest absolute Gasteiger partial charge is 0.255 e. The number of likely N-dealkylation sites (N-methyl/N-ethyl adjacent to an activating group) is 1. The number of amides is 4. The molecule has 2 fully saturated rings. The van der Waals surface area contributed by atoms with Crippen molar-refractivity contribution in [2.24, 2.45) is 0 Å². The van der Waals surface area contributed by atoms with Crippen molar-refractivity contribution >= 4 is 41.4 Å². The SMILES string of the molecule is CN(C(=O)c1cccc(NCCCCCCCCCCC(=O)NC2(CCCCOc3cc(-c4ccccc4O)nnc3N)CC2)c1C=O)C1CCC(=O)NC1=O. The van der Waals surface area contributed by atoms with Gasteiger partial charge in [0.1, 0.15) is 17.5 Å². The van der Waals surface area contributed by atoms with Gasteiger partial charge in [-0.05, 0) is 75.6 Å². The minimum Gasteiger partial charge on any atom is -0.507 e. The van der Waals surface area contributed by atoms with Crippen molar-refractivity contribution in [2.45, 2.75) is 114 Å². The lowest BCUT2D eigenvalue weighted by Gasteiger charge is -2.30. The molecule has 300 valence electrons. The molecule has 1 saturated heterocycles. The zero-order chi connectivity index (χ0) is 39.9. The van der Waals surface area contributed by atoms with Crippen molar-refractivity contribution in [3.05, 3.63) is 59.7 Å². The van der Waals surface area contributed by atoms with Crippen LogP contribution in [-0.4, -0.2) is 81.9 Å². The molecule has 56 heavy (non-hydrogen) atoms. The number of nitrogens with two attached hydrogens (primary N) is 1. The highest BCUT2D eigenvalue weighted by molar-refractivity contribution is 6.07. The number of nitrogen functional groups attached to an aromatic ring is 1. The van der Waals surface area contributed by atoms with Gasteiger partial charge in [0.05, 0.1) is 17.7 Å². The number of nitrogens with one attached hydrogen (secondary N) is 3. The van der Waals surface area contributed by atoms with Gasteiger partial charge in [-0.1, -0.05) is 56.7 Å². The zero-order valence-corrected chi connectivity index (χ0v) is 32.3. The first-order chi connectivity index (χ1) is 27.1. The van der Waals surface area contributed by atoms with Crippen molar-refractivity contribution in [1.82, 2.24) is 25.7 Å². The average Bonchev–Trinajstić information content (AvgIpc) is 3.95. The lowest BCUT2D eigenvalue weighted by molar-refractivity contribution is -0.136. The summed E-state index contributed by atoms with van der Waals surface area (Å²) in [5, 5.41) is 27.0. The lowest BCUT2D eigenvalue weighted by Crippen LogP contribution is -2.53. The molecule has 3 aromatic rings. The number of phenols is 1. The number of piperidine rings is 1. The number of aldehydes is 1. The number of ether oxygens (including phenoxy) is 1. The number of carbonyl (C=O) groups is 5. The molecule has 2 heterocycles. The molecule has 1 aliphatic carbocycles. The lowest BCUT2D eigenvalue weighted by atomic mass is 10.0. The summed E-state index contributed by atoms with van der Waals surface area (Å²) in [5.74, 6) is -0.427. The number of unbranched alkanes of at least 4 members (excludes halogenated alkanes) is 8. The van der Waals surface area contributed by atoms with Crippen LogP contribution in [0.4, 0.5) is 11.5 Å². The van der Waals surface area contributed by atoms with Gasteiger partial charge >= 0.3 is 0 Å². The van der Waals surface area contributed by atoms with E-state index in [1.54, 1.807) is 42.5 Å². The maximum atomic E-state index is 13.2. The first-order valence-electron chi connectivity index (χ1n) is 19.9. The zero-order valence-electron chi connectivity index (χ0n) is 32.3. The summed E-state index contributed by atoms with van der Waals surface area (Å²) < 4.78 is 5.90. The van der Waals surface area contributed by atoms with Crippen LogP contribution in [0.2, 0.25) is 0 Å². The fourth-order valence-corrected chi connectivity index (χ4v) is 7.13. The molecule has 1 aliphatic heterocycles. The standard InChI is InChI=1S/C42H55N7O7/c1-49(34-20-21-37(52)45-40(34)54)41(55)29-16-14-17-32(31(29)28-50)44-25-12-7-5-3-2-4-6-8-19-38(53)46-42(23-24-42)22-11-13-26-56-36-27-33(47-48-39(36)43)30-15-9-10-18-35(30)51/h9-10,14-18,27-28,34,44,51H,2-8,11-13,19-26H2,1H3,(H2,43,48)(H,46,53)(H,45,52,54). The van der Waals surface area contributed by atoms with E-state index in [0.717, 1.165) is 83.5 Å². The molecule has 0 bridgehead atoms. The third-order valence-corrected chi connectivity index (χ3v) is 10.6. The Morgan fingerprint density at radius 2 is 1.71 bits per heavy atom. The highest BCUT2D eigenvalue weighted by atomic mass is 16.5. The predicted molar refractivity (Wildman–Crippen MR) is 213 cm³/mol. The Morgan fingerprint density at radius 1 is 0.982 bits per heavy atom. The maximum Gasteiger partial charge on any atom is 0.255 e. The molecule has 1 saturated carbocycles. The summed E-state index contributed by atoms with van der Waals surface area (Å²) in [6, 6.07) is 12.9. The molecular weight excluding hydrogens is 715 g/mol. The number of benzene rings is 2. The monoisotopic (exact) mass is 769 g/mol. The largest absolute Gasteiger partial charge is 0.507 e. The van der Waals surface area contributed by atoms with E-state index in [1.165, 1.54) is 11.9 Å². The van der Waals surface area contributed by atoms with E-state index in [1.807, 2.05) is 6.07 Å². The molecule has 0 radical (unpaired) electrons. The van der Waals surface area contributed by atoms with Crippen molar-refractivity contribution in [2.75, 3.05) is 31.2 Å². The number of aromatic hydroxyl groups is 1. The fourth-order valence-electron chi connectivity index (χ4n) is 7.13. The highest BCUT2D eigenvalue weighted by Crippen LogP contribution is 2.40. The van der Waals surface area contributed by atoms with Gasteiger partial charge in [0.25, 0.3) is 5.91 Å². The Kier molecular flexibility index (Phi) is 15.2. The van der Waals surface area contributed by atoms with Crippen LogP contribution in [0.1, 0.15) is 123 Å². The normalized spacial score (nSPS) is 15.8. The fraction of sp³-hybridized carbons (Fsp3) is 0.500. The molecule has 1 atom stereocenters.